The lowest BCUT2D eigenvalue weighted by Crippen LogP contribution is -2.53. The lowest BCUT2D eigenvalue weighted by atomic mass is 9.94. The molecule has 0 unspecified atom stereocenters. The van der Waals surface area contributed by atoms with Gasteiger partial charge in [-0.25, -0.2) is 12.7 Å². The number of sulfonamides is 1. The highest BCUT2D eigenvalue weighted by Crippen LogP contribution is 2.24. The Morgan fingerprint density at radius 3 is 2.27 bits per heavy atom. The largest absolute Gasteiger partial charge is 0.330 e. The predicted molar refractivity (Wildman–Crippen MR) is 62.0 cm³/mol. The molecule has 0 amide bonds. The zero-order chi connectivity index (χ0) is 11.7. The van der Waals surface area contributed by atoms with Crippen molar-refractivity contribution in [3.8, 4) is 0 Å². The fourth-order valence-electron chi connectivity index (χ4n) is 1.46. The first-order chi connectivity index (χ1) is 6.74. The molecule has 0 bridgehead atoms. The summed E-state index contributed by atoms with van der Waals surface area (Å²) in [5.74, 6) is 0.628. The van der Waals surface area contributed by atoms with Crippen LogP contribution in [0.25, 0.3) is 0 Å². The summed E-state index contributed by atoms with van der Waals surface area (Å²) in [5.41, 5.74) is 5.54. The van der Waals surface area contributed by atoms with Crippen LogP contribution in [0.15, 0.2) is 0 Å². The molecular weight excluding hydrogens is 212 g/mol. The highest BCUT2D eigenvalue weighted by Gasteiger charge is 2.34. The number of hydrogen-bond acceptors (Lipinski definition) is 3. The smallest absolute Gasteiger partial charge is 0.214 e. The van der Waals surface area contributed by atoms with Crippen LogP contribution in [0.5, 0.6) is 0 Å². The summed E-state index contributed by atoms with van der Waals surface area (Å²) < 4.78 is 25.2. The standard InChI is InChI=1S/C10H22N2O2S/c1-10(2,3)4-5-15(13,14)12-7-9(6-11)8-12/h9H,4-8,11H2,1-3H3. The highest BCUT2D eigenvalue weighted by molar-refractivity contribution is 7.89. The lowest BCUT2D eigenvalue weighted by molar-refractivity contribution is 0.206. The summed E-state index contributed by atoms with van der Waals surface area (Å²) in [5, 5.41) is 0. The van der Waals surface area contributed by atoms with Crippen molar-refractivity contribution >= 4 is 10.0 Å². The number of nitrogens with zero attached hydrogens (tertiary/aromatic N) is 1. The van der Waals surface area contributed by atoms with Crippen molar-refractivity contribution in [2.24, 2.45) is 17.1 Å². The Hall–Kier alpha value is -0.130. The lowest BCUT2D eigenvalue weighted by Gasteiger charge is -2.37. The second kappa shape index (κ2) is 4.39. The van der Waals surface area contributed by atoms with Gasteiger partial charge in [0.15, 0.2) is 0 Å². The average Bonchev–Trinajstić information content (AvgIpc) is 1.97. The first kappa shape index (κ1) is 12.9. The third kappa shape index (κ3) is 3.74. The fraction of sp³-hybridized carbons (Fsp3) is 1.00. The third-order valence-electron chi connectivity index (χ3n) is 2.76. The van der Waals surface area contributed by atoms with Gasteiger partial charge in [-0.15, -0.1) is 0 Å². The van der Waals surface area contributed by atoms with E-state index in [1.165, 1.54) is 0 Å². The van der Waals surface area contributed by atoms with Crippen molar-refractivity contribution in [2.75, 3.05) is 25.4 Å². The minimum atomic E-state index is -3.02. The Morgan fingerprint density at radius 2 is 1.87 bits per heavy atom. The van der Waals surface area contributed by atoms with E-state index in [1.807, 2.05) is 0 Å². The zero-order valence-electron chi connectivity index (χ0n) is 9.86. The van der Waals surface area contributed by atoms with Crippen LogP contribution in [-0.2, 0) is 10.0 Å². The maximum atomic E-state index is 11.8. The van der Waals surface area contributed by atoms with Crippen LogP contribution in [0.3, 0.4) is 0 Å². The molecule has 0 saturated carbocycles. The van der Waals surface area contributed by atoms with Crippen molar-refractivity contribution in [3.05, 3.63) is 0 Å². The van der Waals surface area contributed by atoms with Gasteiger partial charge in [-0.1, -0.05) is 20.8 Å². The second-order valence-corrected chi connectivity index (χ2v) is 7.63. The van der Waals surface area contributed by atoms with E-state index in [-0.39, 0.29) is 11.2 Å². The number of rotatable bonds is 4. The van der Waals surface area contributed by atoms with Crippen molar-refractivity contribution in [1.29, 1.82) is 0 Å². The molecule has 1 aliphatic rings. The molecule has 1 saturated heterocycles. The van der Waals surface area contributed by atoms with Gasteiger partial charge in [0.05, 0.1) is 5.75 Å². The summed E-state index contributed by atoms with van der Waals surface area (Å²) >= 11 is 0. The zero-order valence-corrected chi connectivity index (χ0v) is 10.7. The molecule has 2 N–H and O–H groups in total. The predicted octanol–water partition coefficient (Wildman–Crippen LogP) is 0.643. The molecule has 1 heterocycles. The van der Waals surface area contributed by atoms with Gasteiger partial charge < -0.3 is 5.73 Å². The molecule has 90 valence electrons. The molecule has 1 rings (SSSR count). The monoisotopic (exact) mass is 234 g/mol. The van der Waals surface area contributed by atoms with E-state index in [2.05, 4.69) is 20.8 Å². The van der Waals surface area contributed by atoms with Crippen molar-refractivity contribution in [1.82, 2.24) is 4.31 Å². The molecule has 0 spiro atoms. The SMILES string of the molecule is CC(C)(C)CCS(=O)(=O)N1CC(CN)C1. The molecule has 0 radical (unpaired) electrons. The first-order valence-corrected chi connectivity index (χ1v) is 7.03. The van der Waals surface area contributed by atoms with E-state index in [4.69, 9.17) is 5.73 Å². The van der Waals surface area contributed by atoms with E-state index >= 15 is 0 Å². The Morgan fingerprint density at radius 1 is 1.33 bits per heavy atom. The molecule has 0 aliphatic carbocycles. The van der Waals surface area contributed by atoms with Crippen LogP contribution in [0.4, 0.5) is 0 Å². The molecule has 0 aromatic rings. The van der Waals surface area contributed by atoms with Gasteiger partial charge in [0.25, 0.3) is 0 Å². The maximum absolute atomic E-state index is 11.8. The first-order valence-electron chi connectivity index (χ1n) is 5.42. The van der Waals surface area contributed by atoms with Gasteiger partial charge in [-0.3, -0.25) is 0 Å². The molecule has 1 fully saturated rings. The van der Waals surface area contributed by atoms with E-state index in [0.29, 0.717) is 32.0 Å². The maximum Gasteiger partial charge on any atom is 0.214 e. The van der Waals surface area contributed by atoms with Gasteiger partial charge in [0, 0.05) is 13.1 Å². The fourth-order valence-corrected chi connectivity index (χ4v) is 3.47. The van der Waals surface area contributed by atoms with Gasteiger partial charge in [0.1, 0.15) is 0 Å². The Labute approximate surface area is 92.9 Å². The van der Waals surface area contributed by atoms with Crippen molar-refractivity contribution < 1.29 is 8.42 Å². The molecule has 1 aliphatic heterocycles. The molecular formula is C10H22N2O2S. The van der Waals surface area contributed by atoms with Gasteiger partial charge in [-0.05, 0) is 24.3 Å². The van der Waals surface area contributed by atoms with Crippen LogP contribution in [0.1, 0.15) is 27.2 Å². The molecule has 0 aromatic heterocycles. The summed E-state index contributed by atoms with van der Waals surface area (Å²) in [7, 11) is -3.02. The van der Waals surface area contributed by atoms with E-state index in [0.717, 1.165) is 0 Å². The topological polar surface area (TPSA) is 63.4 Å². The van der Waals surface area contributed by atoms with Crippen LogP contribution in [0.2, 0.25) is 0 Å². The summed E-state index contributed by atoms with van der Waals surface area (Å²) in [4.78, 5) is 0. The van der Waals surface area contributed by atoms with E-state index in [1.54, 1.807) is 4.31 Å². The number of nitrogens with two attached hydrogens (primary N) is 1. The number of hydrogen-bond donors (Lipinski definition) is 1. The third-order valence-corrected chi connectivity index (χ3v) is 4.57. The molecule has 4 nitrogen and oxygen atoms in total. The Bertz CT molecular complexity index is 300. The Kier molecular flexibility index (Phi) is 3.79. The minimum Gasteiger partial charge on any atom is -0.330 e. The van der Waals surface area contributed by atoms with Crippen LogP contribution >= 0.6 is 0 Å². The van der Waals surface area contributed by atoms with Crippen molar-refractivity contribution in [2.45, 2.75) is 27.2 Å². The van der Waals surface area contributed by atoms with Crippen LogP contribution in [0, 0.1) is 11.3 Å². The van der Waals surface area contributed by atoms with Gasteiger partial charge in [-0.2, -0.15) is 0 Å². The second-order valence-electron chi connectivity index (χ2n) is 5.55. The minimum absolute atomic E-state index is 0.0746. The summed E-state index contributed by atoms with van der Waals surface area (Å²) in [6.07, 6.45) is 0.707. The Balaban J connectivity index is 2.41. The average molecular weight is 234 g/mol. The quantitative estimate of drug-likeness (QED) is 0.776. The van der Waals surface area contributed by atoms with E-state index < -0.39 is 10.0 Å². The molecule has 15 heavy (non-hydrogen) atoms. The van der Waals surface area contributed by atoms with E-state index in [9.17, 15) is 8.42 Å². The normalized spacial score (nSPS) is 20.3. The van der Waals surface area contributed by atoms with Crippen molar-refractivity contribution in [3.63, 3.8) is 0 Å². The van der Waals surface area contributed by atoms with Crippen LogP contribution in [-0.4, -0.2) is 38.1 Å². The molecule has 5 heteroatoms. The summed E-state index contributed by atoms with van der Waals surface area (Å²) in [6.45, 7) is 7.99. The highest BCUT2D eigenvalue weighted by atomic mass is 32.2. The van der Waals surface area contributed by atoms with Crippen LogP contribution < -0.4 is 5.73 Å². The summed E-state index contributed by atoms with van der Waals surface area (Å²) in [6, 6.07) is 0. The van der Waals surface area contributed by atoms with Gasteiger partial charge in [0.2, 0.25) is 10.0 Å². The molecule has 0 aromatic carbocycles. The van der Waals surface area contributed by atoms with Gasteiger partial charge >= 0.3 is 0 Å². The molecule has 0 atom stereocenters.